The molecule has 2 atom stereocenters. The summed E-state index contributed by atoms with van der Waals surface area (Å²) in [6.07, 6.45) is 6.86. The van der Waals surface area contributed by atoms with E-state index in [4.69, 9.17) is 4.74 Å². The molecule has 3 heteroatoms. The summed E-state index contributed by atoms with van der Waals surface area (Å²) in [7, 11) is 0. The molecule has 3 rings (SSSR count). The Morgan fingerprint density at radius 3 is 2.21 bits per heavy atom. The van der Waals surface area contributed by atoms with Crippen LogP contribution in [0.25, 0.3) is 0 Å². The van der Waals surface area contributed by atoms with Gasteiger partial charge >= 0.3 is 0 Å². The van der Waals surface area contributed by atoms with E-state index in [9.17, 15) is 5.11 Å². The van der Waals surface area contributed by atoms with Crippen LogP contribution in [0, 0.1) is 0 Å². The Bertz CT molecular complexity index is 663. The highest BCUT2D eigenvalue weighted by atomic mass is 16.5. The largest absolute Gasteiger partial charge is 0.494 e. The van der Waals surface area contributed by atoms with Crippen LogP contribution in [0.1, 0.15) is 68.6 Å². The molecule has 2 aromatic carbocycles. The number of hydrogen-bond acceptors (Lipinski definition) is 3. The van der Waals surface area contributed by atoms with Gasteiger partial charge in [-0.05, 0) is 55.6 Å². The lowest BCUT2D eigenvalue weighted by atomic mass is 9.88. The van der Waals surface area contributed by atoms with Crippen molar-refractivity contribution in [3.05, 3.63) is 65.7 Å². The highest BCUT2D eigenvalue weighted by Crippen LogP contribution is 2.33. The number of ether oxygens (including phenoxy) is 1. The fourth-order valence-electron chi connectivity index (χ4n) is 4.01. The van der Waals surface area contributed by atoms with Crippen molar-refractivity contribution >= 4 is 0 Å². The minimum absolute atomic E-state index is 0.0751. The van der Waals surface area contributed by atoms with Gasteiger partial charge in [-0.3, -0.25) is 0 Å². The number of likely N-dealkylation sites (tertiary alicyclic amines) is 1. The summed E-state index contributed by atoms with van der Waals surface area (Å²) in [5, 5.41) is 11.3. The van der Waals surface area contributed by atoms with E-state index in [1.54, 1.807) is 0 Å². The Hall–Kier alpha value is -1.84. The quantitative estimate of drug-likeness (QED) is 0.577. The molecule has 1 N–H and O–H groups in total. The van der Waals surface area contributed by atoms with E-state index in [1.807, 2.05) is 30.3 Å². The summed E-state index contributed by atoms with van der Waals surface area (Å²) in [6.45, 7) is 6.09. The maximum atomic E-state index is 11.3. The van der Waals surface area contributed by atoms with Gasteiger partial charge in [-0.1, -0.05) is 68.7 Å². The van der Waals surface area contributed by atoms with Crippen molar-refractivity contribution < 1.29 is 9.84 Å². The molecule has 1 saturated heterocycles. The third-order valence-electron chi connectivity index (χ3n) is 5.75. The minimum Gasteiger partial charge on any atom is -0.494 e. The summed E-state index contributed by atoms with van der Waals surface area (Å²) in [5.41, 5.74) is 2.18. The molecular formula is C25H35NO2. The van der Waals surface area contributed by atoms with Crippen molar-refractivity contribution in [3.8, 4) is 5.75 Å². The number of unbranched alkanes of at least 4 members (excludes halogenated alkanes) is 1. The zero-order chi connectivity index (χ0) is 19.6. The Morgan fingerprint density at radius 2 is 1.57 bits per heavy atom. The number of aliphatic hydroxyl groups is 1. The molecule has 0 bridgehead atoms. The summed E-state index contributed by atoms with van der Waals surface area (Å²) < 4.78 is 5.77. The lowest BCUT2D eigenvalue weighted by molar-refractivity contribution is 0.117. The van der Waals surface area contributed by atoms with E-state index < -0.39 is 6.10 Å². The number of aliphatic hydroxyl groups excluding tert-OH is 1. The van der Waals surface area contributed by atoms with Crippen LogP contribution >= 0.6 is 0 Å². The lowest BCUT2D eigenvalue weighted by Gasteiger charge is -2.30. The summed E-state index contributed by atoms with van der Waals surface area (Å²) >= 11 is 0. The van der Waals surface area contributed by atoms with Crippen molar-refractivity contribution in [1.82, 2.24) is 4.90 Å². The molecule has 1 heterocycles. The molecule has 0 radical (unpaired) electrons. The third-order valence-corrected chi connectivity index (χ3v) is 5.75. The first-order valence-electron chi connectivity index (χ1n) is 11.0. The molecule has 152 valence electrons. The van der Waals surface area contributed by atoms with Gasteiger partial charge in [0.2, 0.25) is 0 Å². The predicted molar refractivity (Wildman–Crippen MR) is 116 cm³/mol. The molecule has 0 aromatic heterocycles. The predicted octanol–water partition coefficient (Wildman–Crippen LogP) is 5.56. The Kier molecular flexibility index (Phi) is 8.38. The highest BCUT2D eigenvalue weighted by Gasteiger charge is 2.25. The van der Waals surface area contributed by atoms with E-state index in [1.165, 1.54) is 31.2 Å². The molecule has 0 spiro atoms. The Balaban J connectivity index is 1.73. The molecule has 0 amide bonds. The second-order valence-corrected chi connectivity index (χ2v) is 7.95. The second-order valence-electron chi connectivity index (χ2n) is 7.95. The minimum atomic E-state index is -0.518. The molecule has 3 nitrogen and oxygen atoms in total. The maximum Gasteiger partial charge on any atom is 0.119 e. The van der Waals surface area contributed by atoms with Gasteiger partial charge in [-0.25, -0.2) is 0 Å². The zero-order valence-electron chi connectivity index (χ0n) is 17.2. The lowest BCUT2D eigenvalue weighted by Crippen LogP contribution is -2.32. The van der Waals surface area contributed by atoms with Crippen LogP contribution in [-0.4, -0.2) is 36.2 Å². The van der Waals surface area contributed by atoms with Crippen molar-refractivity contribution in [2.45, 2.75) is 57.5 Å². The number of hydrogen-bond donors (Lipinski definition) is 1. The average Bonchev–Trinajstić information content (AvgIpc) is 3.02. The molecule has 1 aliphatic heterocycles. The summed E-state index contributed by atoms with van der Waals surface area (Å²) in [6, 6.07) is 18.5. The fourth-order valence-corrected chi connectivity index (χ4v) is 4.01. The van der Waals surface area contributed by atoms with Crippen molar-refractivity contribution in [2.24, 2.45) is 0 Å². The van der Waals surface area contributed by atoms with E-state index in [0.29, 0.717) is 0 Å². The highest BCUT2D eigenvalue weighted by molar-refractivity contribution is 5.32. The smallest absolute Gasteiger partial charge is 0.119 e. The van der Waals surface area contributed by atoms with Gasteiger partial charge in [0, 0.05) is 12.5 Å². The SMILES string of the molecule is CCCCOc1ccc([C@H](O)[C@@H](CN2CCCCCC2)c2ccccc2)cc1. The Labute approximate surface area is 170 Å². The van der Waals surface area contributed by atoms with Gasteiger partial charge < -0.3 is 14.7 Å². The van der Waals surface area contributed by atoms with Gasteiger partial charge in [-0.2, -0.15) is 0 Å². The molecule has 2 aromatic rings. The molecule has 1 fully saturated rings. The molecular weight excluding hydrogens is 346 g/mol. The van der Waals surface area contributed by atoms with Gasteiger partial charge in [0.15, 0.2) is 0 Å². The van der Waals surface area contributed by atoms with Crippen molar-refractivity contribution in [1.29, 1.82) is 0 Å². The van der Waals surface area contributed by atoms with Gasteiger partial charge in [-0.15, -0.1) is 0 Å². The van der Waals surface area contributed by atoms with Crippen LogP contribution in [0.5, 0.6) is 5.75 Å². The third kappa shape index (κ3) is 6.08. The van der Waals surface area contributed by atoms with Crippen LogP contribution in [-0.2, 0) is 0 Å². The van der Waals surface area contributed by atoms with Crippen LogP contribution in [0.4, 0.5) is 0 Å². The van der Waals surface area contributed by atoms with E-state index >= 15 is 0 Å². The second kappa shape index (κ2) is 11.2. The first kappa shape index (κ1) is 20.9. The van der Waals surface area contributed by atoms with Gasteiger partial charge in [0.25, 0.3) is 0 Å². The average molecular weight is 382 g/mol. The zero-order valence-corrected chi connectivity index (χ0v) is 17.2. The van der Waals surface area contributed by atoms with Crippen LogP contribution in [0.3, 0.4) is 0 Å². The van der Waals surface area contributed by atoms with E-state index in [0.717, 1.165) is 50.4 Å². The monoisotopic (exact) mass is 381 g/mol. The maximum absolute atomic E-state index is 11.3. The van der Waals surface area contributed by atoms with Crippen LogP contribution < -0.4 is 4.74 Å². The standard InChI is InChI=1S/C25H35NO2/c1-2-3-19-28-23-15-13-22(14-16-23)25(27)24(21-11-7-6-8-12-21)20-26-17-9-4-5-10-18-26/h6-8,11-16,24-25,27H,2-5,9-10,17-20H2,1H3/t24-,25-/m0/s1. The van der Waals surface area contributed by atoms with E-state index in [2.05, 4.69) is 36.1 Å². The molecule has 28 heavy (non-hydrogen) atoms. The molecule has 0 unspecified atom stereocenters. The van der Waals surface area contributed by atoms with Gasteiger partial charge in [0.05, 0.1) is 12.7 Å². The first-order chi connectivity index (χ1) is 13.8. The summed E-state index contributed by atoms with van der Waals surface area (Å²) in [4.78, 5) is 2.54. The van der Waals surface area contributed by atoms with Crippen LogP contribution in [0.15, 0.2) is 54.6 Å². The Morgan fingerprint density at radius 1 is 0.893 bits per heavy atom. The number of nitrogens with zero attached hydrogens (tertiary/aromatic N) is 1. The van der Waals surface area contributed by atoms with E-state index in [-0.39, 0.29) is 5.92 Å². The number of benzene rings is 2. The van der Waals surface area contributed by atoms with Crippen molar-refractivity contribution in [3.63, 3.8) is 0 Å². The molecule has 1 aliphatic rings. The fraction of sp³-hybridized carbons (Fsp3) is 0.520. The number of rotatable bonds is 9. The first-order valence-corrected chi connectivity index (χ1v) is 11.0. The molecule has 0 aliphatic carbocycles. The van der Waals surface area contributed by atoms with Crippen LogP contribution in [0.2, 0.25) is 0 Å². The van der Waals surface area contributed by atoms with Gasteiger partial charge in [0.1, 0.15) is 5.75 Å². The summed E-state index contributed by atoms with van der Waals surface area (Å²) in [5.74, 6) is 0.958. The molecule has 0 saturated carbocycles. The normalized spacial score (nSPS) is 17.6. The topological polar surface area (TPSA) is 32.7 Å². The van der Waals surface area contributed by atoms with Crippen molar-refractivity contribution in [2.75, 3.05) is 26.2 Å².